The number of carbonyl (C=O) groups is 2. The van der Waals surface area contributed by atoms with Gasteiger partial charge in [0, 0.05) is 18.2 Å². The molecule has 21 heavy (non-hydrogen) atoms. The maximum Gasteiger partial charge on any atom is 0.243 e. The Morgan fingerprint density at radius 1 is 1.24 bits per heavy atom. The van der Waals surface area contributed by atoms with Gasteiger partial charge in [0.2, 0.25) is 11.8 Å². The molecule has 0 fully saturated rings. The van der Waals surface area contributed by atoms with Crippen LogP contribution in [-0.2, 0) is 16.1 Å². The Labute approximate surface area is 128 Å². The Kier molecular flexibility index (Phi) is 4.96. The lowest BCUT2D eigenvalue weighted by Crippen LogP contribution is -2.48. The van der Waals surface area contributed by atoms with Crippen LogP contribution in [0.2, 0.25) is 0 Å². The van der Waals surface area contributed by atoms with Gasteiger partial charge in [0.05, 0.1) is 0 Å². The van der Waals surface area contributed by atoms with Gasteiger partial charge in [-0.15, -0.1) is 11.3 Å². The maximum atomic E-state index is 12.2. The quantitative estimate of drug-likeness (QED) is 0.892. The molecule has 2 N–H and O–H groups in total. The van der Waals surface area contributed by atoms with E-state index in [0.717, 1.165) is 5.56 Å². The largest absolute Gasteiger partial charge is 0.350 e. The van der Waals surface area contributed by atoms with Gasteiger partial charge in [0.1, 0.15) is 6.04 Å². The Bertz CT molecular complexity index is 649. The van der Waals surface area contributed by atoms with Crippen LogP contribution in [0.15, 0.2) is 29.6 Å². The molecule has 0 bridgehead atoms. The standard InChI is InChI=1S/C16H20N2O2S/c1-10(2)15(18-11(3)19)16(20)17-9-12-4-5-14-13(8-12)6-7-21-14/h4-8,10,15H,9H2,1-3H3,(H,17,20)(H,18,19). The second-order valence-electron chi connectivity index (χ2n) is 5.43. The highest BCUT2D eigenvalue weighted by molar-refractivity contribution is 7.17. The molecule has 0 aliphatic rings. The lowest BCUT2D eigenvalue weighted by molar-refractivity contribution is -0.129. The molecule has 0 radical (unpaired) electrons. The normalized spacial score (nSPS) is 12.4. The number of nitrogens with one attached hydrogen (secondary N) is 2. The monoisotopic (exact) mass is 304 g/mol. The first-order chi connectivity index (χ1) is 9.97. The van der Waals surface area contributed by atoms with Crippen LogP contribution in [0, 0.1) is 5.92 Å². The van der Waals surface area contributed by atoms with Gasteiger partial charge in [-0.2, -0.15) is 0 Å². The summed E-state index contributed by atoms with van der Waals surface area (Å²) >= 11 is 1.70. The summed E-state index contributed by atoms with van der Waals surface area (Å²) in [7, 11) is 0. The van der Waals surface area contributed by atoms with Crippen molar-refractivity contribution >= 4 is 33.2 Å². The molecular weight excluding hydrogens is 284 g/mol. The maximum absolute atomic E-state index is 12.2. The fourth-order valence-electron chi connectivity index (χ4n) is 2.18. The van der Waals surface area contributed by atoms with Crippen molar-refractivity contribution in [3.8, 4) is 0 Å². The Hall–Kier alpha value is -1.88. The second kappa shape index (κ2) is 6.72. The van der Waals surface area contributed by atoms with Crippen LogP contribution in [0.5, 0.6) is 0 Å². The van der Waals surface area contributed by atoms with E-state index in [1.165, 1.54) is 17.0 Å². The molecule has 0 saturated carbocycles. The molecule has 1 unspecified atom stereocenters. The lowest BCUT2D eigenvalue weighted by Gasteiger charge is -2.20. The molecule has 0 aliphatic carbocycles. The van der Waals surface area contributed by atoms with Crippen LogP contribution < -0.4 is 10.6 Å². The van der Waals surface area contributed by atoms with Crippen LogP contribution in [0.3, 0.4) is 0 Å². The number of carbonyl (C=O) groups excluding carboxylic acids is 2. The van der Waals surface area contributed by atoms with E-state index in [0.29, 0.717) is 6.54 Å². The number of rotatable bonds is 5. The molecular formula is C16H20N2O2S. The molecule has 0 aliphatic heterocycles. The summed E-state index contributed by atoms with van der Waals surface area (Å²) in [4.78, 5) is 23.3. The van der Waals surface area contributed by atoms with Crippen molar-refractivity contribution in [2.24, 2.45) is 5.92 Å². The van der Waals surface area contributed by atoms with Crippen molar-refractivity contribution in [3.05, 3.63) is 35.2 Å². The SMILES string of the molecule is CC(=O)NC(C(=O)NCc1ccc2sccc2c1)C(C)C. The van der Waals surface area contributed by atoms with E-state index in [1.54, 1.807) is 11.3 Å². The smallest absolute Gasteiger partial charge is 0.243 e. The zero-order valence-electron chi connectivity index (χ0n) is 12.5. The van der Waals surface area contributed by atoms with E-state index < -0.39 is 6.04 Å². The first kappa shape index (κ1) is 15.5. The van der Waals surface area contributed by atoms with Crippen LogP contribution in [0.1, 0.15) is 26.3 Å². The molecule has 4 nitrogen and oxygen atoms in total. The molecule has 2 amide bonds. The van der Waals surface area contributed by atoms with Crippen molar-refractivity contribution in [3.63, 3.8) is 0 Å². The molecule has 1 atom stereocenters. The predicted molar refractivity (Wildman–Crippen MR) is 86.1 cm³/mol. The molecule has 0 spiro atoms. The van der Waals surface area contributed by atoms with Crippen molar-refractivity contribution in [2.45, 2.75) is 33.4 Å². The first-order valence-corrected chi connectivity index (χ1v) is 7.86. The van der Waals surface area contributed by atoms with Gasteiger partial charge < -0.3 is 10.6 Å². The van der Waals surface area contributed by atoms with Crippen molar-refractivity contribution in [2.75, 3.05) is 0 Å². The minimum Gasteiger partial charge on any atom is -0.350 e. The van der Waals surface area contributed by atoms with E-state index in [4.69, 9.17) is 0 Å². The average molecular weight is 304 g/mol. The summed E-state index contributed by atoms with van der Waals surface area (Å²) in [6, 6.07) is 7.73. The predicted octanol–water partition coefficient (Wildman–Crippen LogP) is 2.68. The van der Waals surface area contributed by atoms with E-state index in [1.807, 2.05) is 19.9 Å². The van der Waals surface area contributed by atoms with E-state index >= 15 is 0 Å². The molecule has 0 saturated heterocycles. The Balaban J connectivity index is 1.99. The number of fused-ring (bicyclic) bond motifs is 1. The second-order valence-corrected chi connectivity index (χ2v) is 6.38. The van der Waals surface area contributed by atoms with Crippen molar-refractivity contribution in [1.82, 2.24) is 10.6 Å². The number of hydrogen-bond acceptors (Lipinski definition) is 3. The summed E-state index contributed by atoms with van der Waals surface area (Å²) in [5, 5.41) is 8.83. The average Bonchev–Trinajstić information content (AvgIpc) is 2.89. The number of amides is 2. The molecule has 2 aromatic rings. The minimum absolute atomic E-state index is 0.0493. The number of thiophene rings is 1. The van der Waals surface area contributed by atoms with Gasteiger partial charge in [-0.3, -0.25) is 9.59 Å². The fourth-order valence-corrected chi connectivity index (χ4v) is 2.95. The van der Waals surface area contributed by atoms with Crippen LogP contribution in [-0.4, -0.2) is 17.9 Å². The van der Waals surface area contributed by atoms with Gasteiger partial charge >= 0.3 is 0 Å². The highest BCUT2D eigenvalue weighted by Crippen LogP contribution is 2.21. The highest BCUT2D eigenvalue weighted by atomic mass is 32.1. The van der Waals surface area contributed by atoms with Crippen molar-refractivity contribution in [1.29, 1.82) is 0 Å². The third-order valence-corrected chi connectivity index (χ3v) is 4.19. The summed E-state index contributed by atoms with van der Waals surface area (Å²) in [5.74, 6) is -0.289. The van der Waals surface area contributed by atoms with E-state index in [9.17, 15) is 9.59 Å². The summed E-state index contributed by atoms with van der Waals surface area (Å²) in [6.07, 6.45) is 0. The first-order valence-electron chi connectivity index (χ1n) is 6.98. The van der Waals surface area contributed by atoms with Gasteiger partial charge in [0.15, 0.2) is 0 Å². The molecule has 2 rings (SSSR count). The summed E-state index contributed by atoms with van der Waals surface area (Å²) in [6.45, 7) is 5.72. The Morgan fingerprint density at radius 2 is 2.00 bits per heavy atom. The fraction of sp³-hybridized carbons (Fsp3) is 0.375. The van der Waals surface area contributed by atoms with Gasteiger partial charge in [-0.05, 0) is 40.4 Å². The van der Waals surface area contributed by atoms with Crippen LogP contribution in [0.4, 0.5) is 0 Å². The van der Waals surface area contributed by atoms with Gasteiger partial charge in [-0.1, -0.05) is 19.9 Å². The van der Waals surface area contributed by atoms with Crippen LogP contribution >= 0.6 is 11.3 Å². The van der Waals surface area contributed by atoms with E-state index in [2.05, 4.69) is 34.2 Å². The molecule has 1 heterocycles. The van der Waals surface area contributed by atoms with Gasteiger partial charge in [0.25, 0.3) is 0 Å². The zero-order valence-corrected chi connectivity index (χ0v) is 13.3. The topological polar surface area (TPSA) is 58.2 Å². The highest BCUT2D eigenvalue weighted by Gasteiger charge is 2.22. The minimum atomic E-state index is -0.493. The van der Waals surface area contributed by atoms with Gasteiger partial charge in [-0.25, -0.2) is 0 Å². The Morgan fingerprint density at radius 3 is 2.67 bits per heavy atom. The third kappa shape index (κ3) is 4.04. The molecule has 1 aromatic heterocycles. The number of benzene rings is 1. The zero-order chi connectivity index (χ0) is 15.4. The van der Waals surface area contributed by atoms with Crippen molar-refractivity contribution < 1.29 is 9.59 Å². The third-order valence-electron chi connectivity index (χ3n) is 3.29. The molecule has 112 valence electrons. The molecule has 1 aromatic carbocycles. The lowest BCUT2D eigenvalue weighted by atomic mass is 10.0. The number of hydrogen-bond donors (Lipinski definition) is 2. The summed E-state index contributed by atoms with van der Waals surface area (Å²) in [5.41, 5.74) is 1.06. The van der Waals surface area contributed by atoms with Crippen LogP contribution in [0.25, 0.3) is 10.1 Å². The summed E-state index contributed by atoms with van der Waals surface area (Å²) < 4.78 is 1.24. The van der Waals surface area contributed by atoms with E-state index in [-0.39, 0.29) is 17.7 Å². The molecule has 5 heteroatoms.